The van der Waals surface area contributed by atoms with Crippen LogP contribution in [0.5, 0.6) is 5.75 Å². The summed E-state index contributed by atoms with van der Waals surface area (Å²) in [6, 6.07) is 4.43. The van der Waals surface area contributed by atoms with Crippen molar-refractivity contribution in [2.75, 3.05) is 0 Å². The Hall–Kier alpha value is -2.41. The molecule has 1 N–H and O–H groups in total. The average Bonchev–Trinajstić information content (AvgIpc) is 2.92. The van der Waals surface area contributed by atoms with Crippen molar-refractivity contribution in [1.82, 2.24) is 9.55 Å². The van der Waals surface area contributed by atoms with Crippen LogP contribution in [0.25, 0.3) is 0 Å². The highest BCUT2D eigenvalue weighted by Gasteiger charge is 2.16. The monoisotopic (exact) mass is 291 g/mol. The number of nitro groups is 1. The molecular weight excluding hydrogens is 274 g/mol. The summed E-state index contributed by atoms with van der Waals surface area (Å²) in [6.45, 7) is 2.84. The summed E-state index contributed by atoms with van der Waals surface area (Å²) in [5.74, 6) is 0.182. The third kappa shape index (κ3) is 3.57. The van der Waals surface area contributed by atoms with Gasteiger partial charge in [0.2, 0.25) is 0 Å². The van der Waals surface area contributed by atoms with E-state index in [0.29, 0.717) is 5.56 Å². The number of nitrogens with zero attached hydrogens (tertiary/aromatic N) is 3. The zero-order chi connectivity index (χ0) is 15.2. The van der Waals surface area contributed by atoms with Crippen molar-refractivity contribution in [2.24, 2.45) is 0 Å². The molecule has 0 aliphatic heterocycles. The third-order valence-electron chi connectivity index (χ3n) is 3.04. The van der Waals surface area contributed by atoms with Crippen LogP contribution in [-0.2, 0) is 19.8 Å². The van der Waals surface area contributed by atoms with Crippen LogP contribution in [0, 0.1) is 10.1 Å². The van der Waals surface area contributed by atoms with Crippen LogP contribution >= 0.6 is 0 Å². The first-order valence-electron chi connectivity index (χ1n) is 6.65. The maximum Gasteiger partial charge on any atom is 0.311 e. The van der Waals surface area contributed by atoms with Gasteiger partial charge >= 0.3 is 5.69 Å². The first kappa shape index (κ1) is 15.0. The van der Waals surface area contributed by atoms with E-state index in [0.717, 1.165) is 18.7 Å². The maximum atomic E-state index is 11.0. The van der Waals surface area contributed by atoms with Gasteiger partial charge in [0.1, 0.15) is 6.61 Å². The van der Waals surface area contributed by atoms with Crippen LogP contribution < -0.4 is 4.74 Å². The Morgan fingerprint density at radius 2 is 2.29 bits per heavy atom. The predicted molar refractivity (Wildman–Crippen MR) is 75.9 cm³/mol. The van der Waals surface area contributed by atoms with Gasteiger partial charge in [-0.2, -0.15) is 0 Å². The first-order valence-corrected chi connectivity index (χ1v) is 6.65. The van der Waals surface area contributed by atoms with Gasteiger partial charge in [0, 0.05) is 12.6 Å². The fraction of sp³-hybridized carbons (Fsp3) is 0.357. The van der Waals surface area contributed by atoms with Gasteiger partial charge in [-0.1, -0.05) is 13.0 Å². The van der Waals surface area contributed by atoms with Crippen molar-refractivity contribution in [3.05, 3.63) is 52.1 Å². The van der Waals surface area contributed by atoms with Crippen LogP contribution in [0.3, 0.4) is 0 Å². The molecule has 0 unspecified atom stereocenters. The average molecular weight is 291 g/mol. The molecule has 0 saturated carbocycles. The fourth-order valence-electron chi connectivity index (χ4n) is 1.99. The van der Waals surface area contributed by atoms with Gasteiger partial charge in [-0.25, -0.2) is 4.98 Å². The van der Waals surface area contributed by atoms with Crippen molar-refractivity contribution in [2.45, 2.75) is 33.1 Å². The normalized spacial score (nSPS) is 10.6. The minimum atomic E-state index is -0.516. The molecule has 0 bridgehead atoms. The number of imidazole rings is 1. The molecule has 0 fully saturated rings. The van der Waals surface area contributed by atoms with E-state index >= 15 is 0 Å². The van der Waals surface area contributed by atoms with Crippen LogP contribution in [-0.4, -0.2) is 19.6 Å². The molecule has 0 saturated heterocycles. The molecular formula is C14H17N3O4. The SMILES string of the molecule is CCCn1cncc1COc1ccc(CO)cc1[N+](=O)[O-]. The minimum absolute atomic E-state index is 0.150. The number of nitro benzene ring substituents is 1. The van der Waals surface area contributed by atoms with Crippen molar-refractivity contribution in [1.29, 1.82) is 0 Å². The maximum absolute atomic E-state index is 11.0. The first-order chi connectivity index (χ1) is 10.2. The Labute approximate surface area is 122 Å². The molecule has 0 aliphatic rings. The van der Waals surface area contributed by atoms with Crippen LogP contribution in [0.15, 0.2) is 30.7 Å². The standard InChI is InChI=1S/C14H17N3O4/c1-2-5-16-10-15-7-12(16)9-21-14-4-3-11(8-18)6-13(14)17(19)20/h3-4,6-7,10,18H,2,5,8-9H2,1H3. The van der Waals surface area contributed by atoms with Gasteiger partial charge in [0.25, 0.3) is 0 Å². The zero-order valence-electron chi connectivity index (χ0n) is 11.7. The van der Waals surface area contributed by atoms with Gasteiger partial charge in [-0.3, -0.25) is 10.1 Å². The number of aryl methyl sites for hydroxylation is 1. The second kappa shape index (κ2) is 6.85. The van der Waals surface area contributed by atoms with Crippen LogP contribution in [0.1, 0.15) is 24.6 Å². The van der Waals surface area contributed by atoms with Gasteiger partial charge in [0.05, 0.1) is 29.7 Å². The number of hydrogen-bond donors (Lipinski definition) is 1. The molecule has 1 aromatic heterocycles. The Bertz CT molecular complexity index is 624. The third-order valence-corrected chi connectivity index (χ3v) is 3.04. The largest absolute Gasteiger partial charge is 0.480 e. The fourth-order valence-corrected chi connectivity index (χ4v) is 1.99. The van der Waals surface area contributed by atoms with Crippen molar-refractivity contribution >= 4 is 5.69 Å². The molecule has 21 heavy (non-hydrogen) atoms. The zero-order valence-corrected chi connectivity index (χ0v) is 11.7. The number of aromatic nitrogens is 2. The van der Waals surface area contributed by atoms with E-state index in [1.807, 2.05) is 4.57 Å². The van der Waals surface area contributed by atoms with Crippen molar-refractivity contribution in [3.8, 4) is 5.75 Å². The Kier molecular flexibility index (Phi) is 4.89. The molecule has 0 aliphatic carbocycles. The summed E-state index contributed by atoms with van der Waals surface area (Å²) in [5.41, 5.74) is 1.19. The van der Waals surface area contributed by atoms with E-state index < -0.39 is 4.92 Å². The summed E-state index contributed by atoms with van der Waals surface area (Å²) in [6.07, 6.45) is 4.36. The van der Waals surface area contributed by atoms with Gasteiger partial charge in [-0.05, 0) is 18.1 Å². The van der Waals surface area contributed by atoms with E-state index in [9.17, 15) is 10.1 Å². The number of benzene rings is 1. The molecule has 0 atom stereocenters. The molecule has 7 nitrogen and oxygen atoms in total. The lowest BCUT2D eigenvalue weighted by Crippen LogP contribution is -2.06. The van der Waals surface area contributed by atoms with E-state index in [1.54, 1.807) is 18.6 Å². The molecule has 112 valence electrons. The Balaban J connectivity index is 2.15. The number of rotatable bonds is 7. The smallest absolute Gasteiger partial charge is 0.311 e. The summed E-state index contributed by atoms with van der Waals surface area (Å²) >= 11 is 0. The lowest BCUT2D eigenvalue weighted by Gasteiger charge is -2.09. The molecule has 0 radical (unpaired) electrons. The van der Waals surface area contributed by atoms with Crippen LogP contribution in [0.4, 0.5) is 5.69 Å². The second-order valence-corrected chi connectivity index (χ2v) is 4.58. The van der Waals surface area contributed by atoms with Gasteiger partial charge < -0.3 is 14.4 Å². The highest BCUT2D eigenvalue weighted by molar-refractivity contribution is 5.48. The minimum Gasteiger partial charge on any atom is -0.480 e. The molecule has 2 rings (SSSR count). The highest BCUT2D eigenvalue weighted by Crippen LogP contribution is 2.28. The summed E-state index contributed by atoms with van der Waals surface area (Å²) < 4.78 is 7.50. The molecule has 7 heteroatoms. The number of aliphatic hydroxyl groups excluding tert-OH is 1. The predicted octanol–water partition coefficient (Wildman–Crippen LogP) is 2.27. The number of hydrogen-bond acceptors (Lipinski definition) is 5. The summed E-state index contributed by atoms with van der Waals surface area (Å²) in [4.78, 5) is 14.6. The molecule has 2 aromatic rings. The Morgan fingerprint density at radius 1 is 1.48 bits per heavy atom. The number of ether oxygens (including phenoxy) is 1. The molecule has 1 aromatic carbocycles. The van der Waals surface area contributed by atoms with E-state index in [2.05, 4.69) is 11.9 Å². The van der Waals surface area contributed by atoms with Crippen molar-refractivity contribution < 1.29 is 14.8 Å². The van der Waals surface area contributed by atoms with Crippen molar-refractivity contribution in [3.63, 3.8) is 0 Å². The molecule has 0 spiro atoms. The Morgan fingerprint density at radius 3 is 2.95 bits per heavy atom. The van der Waals surface area contributed by atoms with E-state index in [-0.39, 0.29) is 24.7 Å². The quantitative estimate of drug-likeness (QED) is 0.624. The topological polar surface area (TPSA) is 90.4 Å². The van der Waals surface area contributed by atoms with Crippen LogP contribution in [0.2, 0.25) is 0 Å². The molecule has 0 amide bonds. The summed E-state index contributed by atoms with van der Waals surface area (Å²) in [7, 11) is 0. The van der Waals surface area contributed by atoms with E-state index in [4.69, 9.17) is 9.84 Å². The second-order valence-electron chi connectivity index (χ2n) is 4.58. The number of aliphatic hydroxyl groups is 1. The lowest BCUT2D eigenvalue weighted by atomic mass is 10.2. The molecule has 1 heterocycles. The van der Waals surface area contributed by atoms with Gasteiger partial charge in [-0.15, -0.1) is 0 Å². The van der Waals surface area contributed by atoms with Gasteiger partial charge in [0.15, 0.2) is 5.75 Å². The lowest BCUT2D eigenvalue weighted by molar-refractivity contribution is -0.386. The highest BCUT2D eigenvalue weighted by atomic mass is 16.6. The summed E-state index contributed by atoms with van der Waals surface area (Å²) in [5, 5.41) is 20.1. The van der Waals surface area contributed by atoms with E-state index in [1.165, 1.54) is 12.1 Å².